The second-order valence-electron chi connectivity index (χ2n) is 1.21. The van der Waals surface area contributed by atoms with Gasteiger partial charge in [-0.1, -0.05) is 13.3 Å². The van der Waals surface area contributed by atoms with Crippen LogP contribution in [0.5, 0.6) is 0 Å². The van der Waals surface area contributed by atoms with Crippen LogP contribution < -0.4 is 5.73 Å². The zero-order chi connectivity index (χ0) is 6.83. The fraction of sp³-hybridized carbons (Fsp3) is 1.00. The Bertz CT molecular complexity index is 34.5. The number of rotatable bonds is 2. The van der Waals surface area contributed by atoms with E-state index in [-0.39, 0.29) is 68.9 Å². The molecule has 0 unspecified atom stereocenters. The van der Waals surface area contributed by atoms with Gasteiger partial charge in [-0.25, -0.2) is 0 Å². The smallest absolute Gasteiger partial charge is 0 e. The molecule has 0 aliphatic rings. The number of hydrogen-bond donors (Lipinski definition) is 1. The van der Waals surface area contributed by atoms with Gasteiger partial charge in [-0.15, -0.1) is 0 Å². The second kappa shape index (κ2) is 22.6. The monoisotopic (exact) mass is 528 g/mol. The zero-order valence-electron chi connectivity index (χ0n) is 5.95. The van der Waals surface area contributed by atoms with Crippen molar-refractivity contribution in [1.82, 2.24) is 0 Å². The van der Waals surface area contributed by atoms with Crippen molar-refractivity contribution in [3.8, 4) is 0 Å². The van der Waals surface area contributed by atoms with Crippen LogP contribution in [-0.4, -0.2) is 96.0 Å². The summed E-state index contributed by atoms with van der Waals surface area (Å²) in [6.07, 6.45) is 2.39. The van der Waals surface area contributed by atoms with E-state index >= 15 is 0 Å². The van der Waals surface area contributed by atoms with Crippen LogP contribution in [-0.2, 0) is 0 Å². The fourth-order valence-electron chi connectivity index (χ4n) is 0.204. The number of nitrogens with two attached hydrogens (primary N) is 1. The molecule has 0 rings (SSSR count). The predicted molar refractivity (Wildman–Crippen MR) is 50.3 cm³/mol. The summed E-state index contributed by atoms with van der Waals surface area (Å²) >= 11 is 2.47. The number of halogens is 2. The van der Waals surface area contributed by atoms with Crippen LogP contribution in [0, 0.1) is 0 Å². The Morgan fingerprint density at radius 2 is 2.00 bits per heavy atom. The maximum absolute atomic E-state index is 5.14. The van der Waals surface area contributed by atoms with Crippen LogP contribution in [0.1, 0.15) is 19.8 Å². The maximum atomic E-state index is 5.14. The summed E-state index contributed by atoms with van der Waals surface area (Å²) in [5.41, 5.74) is 5.14. The minimum absolute atomic E-state index is 0. The van der Waals surface area contributed by atoms with E-state index in [0.29, 0.717) is 0 Å². The van der Waals surface area contributed by atoms with Crippen molar-refractivity contribution in [2.24, 2.45) is 5.73 Å². The van der Waals surface area contributed by atoms with E-state index in [4.69, 9.17) is 14.0 Å². The third-order valence-electron chi connectivity index (χ3n) is 0.558. The Kier molecular flexibility index (Phi) is 46.4. The maximum Gasteiger partial charge on any atom is 0 e. The van der Waals surface area contributed by atoms with Crippen LogP contribution in [0.25, 0.3) is 0 Å². The second-order valence-corrected chi connectivity index (χ2v) is 10.9. The average molecular weight is 529 g/mol. The first-order chi connectivity index (χ1) is 3.83. The van der Waals surface area contributed by atoms with Gasteiger partial charge in [0, 0.05) is 68.9 Å². The predicted octanol–water partition coefficient (Wildman–Crippen LogP) is 1.52. The van der Waals surface area contributed by atoms with Crippen molar-refractivity contribution in [1.29, 1.82) is 0 Å². The molecule has 0 aliphatic carbocycles. The van der Waals surface area contributed by atoms with Crippen LogP contribution in [0.15, 0.2) is 0 Å². The summed E-state index contributed by atoms with van der Waals surface area (Å²) in [6.45, 7) is 2.98. The first-order valence-corrected chi connectivity index (χ1v) is 15.7. The van der Waals surface area contributed by atoms with Gasteiger partial charge >= 0.3 is 40.9 Å². The molecule has 0 spiro atoms. The van der Waals surface area contributed by atoms with Crippen molar-refractivity contribution >= 4 is 110 Å². The Balaban J connectivity index is -0.0000000800. The summed E-state index contributed by atoms with van der Waals surface area (Å²) in [5, 5.41) is 0. The molecule has 0 aliphatic heterocycles. The Labute approximate surface area is 138 Å². The molecule has 9 heavy (non-hydrogen) atoms. The SMILES string of the molecule is CCCCN.[Cl][Pb][Br].[Cs]. The largest absolute Gasteiger partial charge is 0 e. The Morgan fingerprint density at radius 1 is 1.67 bits per heavy atom. The van der Waals surface area contributed by atoms with E-state index in [0.717, 1.165) is 6.54 Å². The molecule has 3 radical (unpaired) electrons. The Hall–Kier alpha value is 3.70. The van der Waals surface area contributed by atoms with E-state index in [2.05, 4.69) is 18.9 Å². The van der Waals surface area contributed by atoms with Gasteiger partial charge in [-0.3, -0.25) is 0 Å². The molecule has 5 heteroatoms. The third kappa shape index (κ3) is 33.9. The molecule has 0 atom stereocenters. The molecule has 0 aromatic carbocycles. The van der Waals surface area contributed by atoms with Gasteiger partial charge < -0.3 is 5.73 Å². The standard InChI is InChI=1S/C4H11N.BrH.ClH.Cs.Pb/c1-2-3-4-5;;;;/h2-5H2,1H3;2*1H;;/q;;;;+2/p-2. The molecular formula is C4H11BrClCsNPb. The van der Waals surface area contributed by atoms with Crippen LogP contribution >= 0.6 is 20.3 Å². The molecule has 0 aromatic rings. The minimum Gasteiger partial charge on any atom is 0 e. The van der Waals surface area contributed by atoms with Gasteiger partial charge in [0.1, 0.15) is 0 Å². The van der Waals surface area contributed by atoms with Crippen LogP contribution in [0.2, 0.25) is 0 Å². The topological polar surface area (TPSA) is 26.0 Å². The molecule has 0 amide bonds. The van der Waals surface area contributed by atoms with Crippen LogP contribution in [0.3, 0.4) is 0 Å². The molecule has 0 fully saturated rings. The summed E-state index contributed by atoms with van der Waals surface area (Å²) in [6, 6.07) is 0. The van der Waals surface area contributed by atoms with Crippen molar-refractivity contribution in [2.45, 2.75) is 19.8 Å². The molecule has 0 heterocycles. The van der Waals surface area contributed by atoms with Gasteiger partial charge in [0.25, 0.3) is 0 Å². The molecular weight excluding hydrogens is 518 g/mol. The molecule has 2 N–H and O–H groups in total. The van der Waals surface area contributed by atoms with E-state index in [1.807, 2.05) is 0 Å². The van der Waals surface area contributed by atoms with E-state index in [1.54, 1.807) is 0 Å². The summed E-state index contributed by atoms with van der Waals surface area (Å²) in [7, 11) is 5.11. The van der Waals surface area contributed by atoms with Crippen molar-refractivity contribution in [2.75, 3.05) is 6.54 Å². The zero-order valence-corrected chi connectivity index (χ0v) is 18.5. The normalized spacial score (nSPS) is 6.67. The summed E-state index contributed by atoms with van der Waals surface area (Å²) in [5.74, 6) is 0. The Morgan fingerprint density at radius 3 is 2.00 bits per heavy atom. The average Bonchev–Trinajstić information content (AvgIpc) is 1.71. The van der Waals surface area contributed by atoms with Gasteiger partial charge in [-0.2, -0.15) is 0 Å². The minimum atomic E-state index is -0.632. The summed E-state index contributed by atoms with van der Waals surface area (Å²) < 4.78 is 0. The number of hydrogen-bond acceptors (Lipinski definition) is 1. The quantitative estimate of drug-likeness (QED) is 0.541. The van der Waals surface area contributed by atoms with Gasteiger partial charge in [0.15, 0.2) is 0 Å². The van der Waals surface area contributed by atoms with Gasteiger partial charge in [0.2, 0.25) is 0 Å². The van der Waals surface area contributed by atoms with Crippen molar-refractivity contribution in [3.63, 3.8) is 0 Å². The van der Waals surface area contributed by atoms with Crippen LogP contribution in [0.4, 0.5) is 0 Å². The summed E-state index contributed by atoms with van der Waals surface area (Å²) in [4.78, 5) is 0. The van der Waals surface area contributed by atoms with Gasteiger partial charge in [0.05, 0.1) is 0 Å². The molecule has 51 valence electrons. The van der Waals surface area contributed by atoms with Crippen molar-refractivity contribution in [3.05, 3.63) is 0 Å². The molecule has 0 saturated carbocycles. The molecule has 1 nitrogen and oxygen atoms in total. The number of unbranched alkanes of at least 4 members (excludes halogenated alkanes) is 1. The van der Waals surface area contributed by atoms with E-state index in [1.165, 1.54) is 12.8 Å². The van der Waals surface area contributed by atoms with E-state index < -0.39 is 20.6 Å². The van der Waals surface area contributed by atoms with E-state index in [9.17, 15) is 0 Å². The molecule has 0 bridgehead atoms. The molecule has 0 saturated heterocycles. The first-order valence-electron chi connectivity index (χ1n) is 2.49. The first kappa shape index (κ1) is 18.5. The van der Waals surface area contributed by atoms with Crippen molar-refractivity contribution < 1.29 is 0 Å². The molecule has 0 aromatic heterocycles. The van der Waals surface area contributed by atoms with Gasteiger partial charge in [-0.05, 0) is 13.0 Å². The third-order valence-corrected chi connectivity index (χ3v) is 0.558. The fourth-order valence-corrected chi connectivity index (χ4v) is 0.204.